The van der Waals surface area contributed by atoms with Crippen molar-refractivity contribution >= 4 is 22.4 Å². The van der Waals surface area contributed by atoms with E-state index in [2.05, 4.69) is 5.32 Å². The Labute approximate surface area is 148 Å². The van der Waals surface area contributed by atoms with E-state index in [0.29, 0.717) is 33.7 Å². The lowest BCUT2D eigenvalue weighted by Gasteiger charge is -2.10. The molecule has 0 saturated heterocycles. The fraction of sp³-hybridized carbons (Fsp3) is 0.158. The van der Waals surface area contributed by atoms with E-state index < -0.39 is 0 Å². The number of amides is 1. The first-order chi connectivity index (χ1) is 12.7. The molecule has 26 heavy (non-hydrogen) atoms. The first kappa shape index (κ1) is 16.0. The Bertz CT molecular complexity index is 1060. The van der Waals surface area contributed by atoms with Crippen LogP contribution in [-0.4, -0.2) is 24.4 Å². The van der Waals surface area contributed by atoms with Gasteiger partial charge >= 0.3 is 0 Å². The third-order valence-electron chi connectivity index (χ3n) is 4.17. The smallest absolute Gasteiger partial charge is 0.259 e. The third-order valence-corrected chi connectivity index (χ3v) is 4.17. The second kappa shape index (κ2) is 6.44. The zero-order valence-electron chi connectivity index (χ0n) is 14.0. The minimum atomic E-state index is -0.312. The van der Waals surface area contributed by atoms with Gasteiger partial charge in [0.1, 0.15) is 12.3 Å². The van der Waals surface area contributed by atoms with Crippen LogP contribution >= 0.6 is 0 Å². The number of carbonyl (C=O) groups excluding carboxylic acids is 1. The molecular formula is C19H16N2O5. The van der Waals surface area contributed by atoms with Crippen molar-refractivity contribution in [2.24, 2.45) is 0 Å². The molecule has 3 aromatic rings. The number of pyridine rings is 1. The highest BCUT2D eigenvalue weighted by molar-refractivity contribution is 5.92. The molecule has 0 unspecified atom stereocenters. The van der Waals surface area contributed by atoms with Crippen LogP contribution in [0.4, 0.5) is 5.69 Å². The van der Waals surface area contributed by atoms with E-state index >= 15 is 0 Å². The Morgan fingerprint density at radius 2 is 2.00 bits per heavy atom. The highest BCUT2D eigenvalue weighted by atomic mass is 16.7. The minimum absolute atomic E-state index is 0.0968. The third kappa shape index (κ3) is 2.83. The van der Waals surface area contributed by atoms with Crippen molar-refractivity contribution < 1.29 is 19.0 Å². The maximum absolute atomic E-state index is 12.6. The number of methoxy groups -OCH3 is 1. The summed E-state index contributed by atoms with van der Waals surface area (Å²) in [5.41, 5.74) is 0.331. The molecule has 1 N–H and O–H groups in total. The van der Waals surface area contributed by atoms with Crippen molar-refractivity contribution in [2.45, 2.75) is 6.54 Å². The van der Waals surface area contributed by atoms with Crippen molar-refractivity contribution in [3.05, 3.63) is 59.0 Å². The number of ether oxygens (including phenoxy) is 3. The molecule has 4 rings (SSSR count). The number of fused-ring (bicyclic) bond motifs is 2. The van der Waals surface area contributed by atoms with Crippen LogP contribution < -0.4 is 25.1 Å². The number of benzene rings is 2. The molecule has 1 amide bonds. The highest BCUT2D eigenvalue weighted by Gasteiger charge is 2.15. The van der Waals surface area contributed by atoms with Crippen LogP contribution in [-0.2, 0) is 11.3 Å². The Morgan fingerprint density at radius 1 is 1.15 bits per heavy atom. The van der Waals surface area contributed by atoms with Crippen LogP contribution in [0.25, 0.3) is 10.8 Å². The van der Waals surface area contributed by atoms with Gasteiger partial charge < -0.3 is 24.1 Å². The normalized spacial score (nSPS) is 12.2. The van der Waals surface area contributed by atoms with Crippen molar-refractivity contribution in [2.75, 3.05) is 19.2 Å². The lowest BCUT2D eigenvalue weighted by Crippen LogP contribution is -2.27. The molecule has 1 aliphatic heterocycles. The second-order valence-electron chi connectivity index (χ2n) is 5.79. The van der Waals surface area contributed by atoms with E-state index in [4.69, 9.17) is 14.2 Å². The number of aromatic nitrogens is 1. The predicted octanol–water partition coefficient (Wildman–Crippen LogP) is 2.38. The summed E-state index contributed by atoms with van der Waals surface area (Å²) in [4.78, 5) is 25.0. The maximum Gasteiger partial charge on any atom is 0.259 e. The van der Waals surface area contributed by atoms with E-state index in [-0.39, 0.29) is 24.8 Å². The van der Waals surface area contributed by atoms with Crippen LogP contribution in [0.2, 0.25) is 0 Å². The number of rotatable bonds is 4. The van der Waals surface area contributed by atoms with E-state index in [1.54, 1.807) is 55.8 Å². The molecule has 132 valence electrons. The summed E-state index contributed by atoms with van der Waals surface area (Å²) in [5, 5.41) is 3.98. The fourth-order valence-corrected chi connectivity index (χ4v) is 2.92. The number of hydrogen-bond acceptors (Lipinski definition) is 5. The van der Waals surface area contributed by atoms with Gasteiger partial charge in [0.05, 0.1) is 12.5 Å². The van der Waals surface area contributed by atoms with Gasteiger partial charge in [-0.25, -0.2) is 0 Å². The Kier molecular flexibility index (Phi) is 3.96. The van der Waals surface area contributed by atoms with Crippen LogP contribution in [0.3, 0.4) is 0 Å². The van der Waals surface area contributed by atoms with Crippen molar-refractivity contribution in [1.82, 2.24) is 4.57 Å². The van der Waals surface area contributed by atoms with Gasteiger partial charge in [0, 0.05) is 23.3 Å². The largest absolute Gasteiger partial charge is 0.496 e. The van der Waals surface area contributed by atoms with Crippen molar-refractivity contribution in [3.8, 4) is 17.2 Å². The molecule has 1 aliphatic rings. The summed E-state index contributed by atoms with van der Waals surface area (Å²) in [7, 11) is 1.55. The van der Waals surface area contributed by atoms with Gasteiger partial charge in [-0.3, -0.25) is 9.59 Å². The molecule has 1 aromatic heterocycles. The first-order valence-corrected chi connectivity index (χ1v) is 8.01. The molecule has 7 nitrogen and oxygen atoms in total. The quantitative estimate of drug-likeness (QED) is 0.780. The lowest BCUT2D eigenvalue weighted by molar-refractivity contribution is -0.116. The lowest BCUT2D eigenvalue weighted by atomic mass is 10.1. The molecule has 0 aliphatic carbocycles. The second-order valence-corrected chi connectivity index (χ2v) is 5.79. The molecule has 0 fully saturated rings. The number of nitrogens with one attached hydrogen (secondary N) is 1. The highest BCUT2D eigenvalue weighted by Crippen LogP contribution is 2.34. The molecule has 2 aromatic carbocycles. The Morgan fingerprint density at radius 3 is 2.85 bits per heavy atom. The maximum atomic E-state index is 12.6. The predicted molar refractivity (Wildman–Crippen MR) is 96.0 cm³/mol. The van der Waals surface area contributed by atoms with Crippen LogP contribution in [0.5, 0.6) is 17.2 Å². The standard InChI is InChI=1S/C19H16N2O5/c1-24-15-4-2-3-14-13(15)7-8-21(19(14)23)10-18(22)20-12-5-6-16-17(9-12)26-11-25-16/h2-9H,10-11H2,1H3,(H,20,22). The first-order valence-electron chi connectivity index (χ1n) is 8.01. The summed E-state index contributed by atoms with van der Waals surface area (Å²) >= 11 is 0. The summed E-state index contributed by atoms with van der Waals surface area (Å²) in [6.07, 6.45) is 1.59. The number of carbonyl (C=O) groups is 1. The van der Waals surface area contributed by atoms with E-state index in [0.717, 1.165) is 0 Å². The molecule has 0 saturated carbocycles. The Hall–Kier alpha value is -3.48. The summed E-state index contributed by atoms with van der Waals surface area (Å²) in [5.74, 6) is 1.53. The molecule has 2 heterocycles. The zero-order valence-corrected chi connectivity index (χ0v) is 14.0. The van der Waals surface area contributed by atoms with Gasteiger partial charge in [0.25, 0.3) is 5.56 Å². The summed E-state index contributed by atoms with van der Waals surface area (Å²) in [6.45, 7) is 0.0725. The van der Waals surface area contributed by atoms with Gasteiger partial charge in [0.15, 0.2) is 11.5 Å². The SMILES string of the molecule is COc1cccc2c(=O)n(CC(=O)Nc3ccc4c(c3)OCO4)ccc12. The van der Waals surface area contributed by atoms with Crippen LogP contribution in [0.1, 0.15) is 0 Å². The van der Waals surface area contributed by atoms with E-state index in [1.165, 1.54) is 4.57 Å². The average molecular weight is 352 g/mol. The number of hydrogen-bond donors (Lipinski definition) is 1. The van der Waals surface area contributed by atoms with Crippen LogP contribution in [0.15, 0.2) is 53.5 Å². The van der Waals surface area contributed by atoms with Gasteiger partial charge in [-0.1, -0.05) is 6.07 Å². The average Bonchev–Trinajstić information content (AvgIpc) is 3.11. The van der Waals surface area contributed by atoms with Gasteiger partial charge in [-0.05, 0) is 30.3 Å². The summed E-state index contributed by atoms with van der Waals surface area (Å²) < 4.78 is 17.2. The number of nitrogens with zero attached hydrogens (tertiary/aromatic N) is 1. The number of anilines is 1. The van der Waals surface area contributed by atoms with Gasteiger partial charge in [0.2, 0.25) is 12.7 Å². The topological polar surface area (TPSA) is 78.8 Å². The van der Waals surface area contributed by atoms with Gasteiger partial charge in [-0.2, -0.15) is 0 Å². The van der Waals surface area contributed by atoms with Crippen molar-refractivity contribution in [1.29, 1.82) is 0 Å². The molecule has 7 heteroatoms. The minimum Gasteiger partial charge on any atom is -0.496 e. The fourth-order valence-electron chi connectivity index (χ4n) is 2.92. The molecule has 0 spiro atoms. The molecule has 0 radical (unpaired) electrons. The van der Waals surface area contributed by atoms with Crippen molar-refractivity contribution in [3.63, 3.8) is 0 Å². The Balaban J connectivity index is 1.56. The van der Waals surface area contributed by atoms with Gasteiger partial charge in [-0.15, -0.1) is 0 Å². The van der Waals surface area contributed by atoms with E-state index in [9.17, 15) is 9.59 Å². The molecule has 0 atom stereocenters. The monoisotopic (exact) mass is 352 g/mol. The zero-order chi connectivity index (χ0) is 18.1. The van der Waals surface area contributed by atoms with Crippen LogP contribution in [0, 0.1) is 0 Å². The summed E-state index contributed by atoms with van der Waals surface area (Å²) in [6, 6.07) is 12.2. The van der Waals surface area contributed by atoms with E-state index in [1.807, 2.05) is 0 Å². The molecular weight excluding hydrogens is 336 g/mol. The molecule has 0 bridgehead atoms.